The van der Waals surface area contributed by atoms with Gasteiger partial charge in [-0.2, -0.15) is 0 Å². The minimum absolute atomic E-state index is 0.575. The molecule has 0 saturated carbocycles. The highest BCUT2D eigenvalue weighted by atomic mass is 32.1. The second-order valence-electron chi connectivity index (χ2n) is 5.73. The first-order chi connectivity index (χ1) is 9.70. The van der Waals surface area contributed by atoms with Gasteiger partial charge in [-0.1, -0.05) is 0 Å². The Morgan fingerprint density at radius 1 is 1.50 bits per heavy atom. The van der Waals surface area contributed by atoms with E-state index in [2.05, 4.69) is 39.9 Å². The molecule has 0 radical (unpaired) electrons. The first kappa shape index (κ1) is 13.9. The average Bonchev–Trinajstić information content (AvgIpc) is 3.06. The van der Waals surface area contributed by atoms with Crippen molar-refractivity contribution in [1.29, 1.82) is 0 Å². The summed E-state index contributed by atoms with van der Waals surface area (Å²) in [7, 11) is 4.28. The number of anilines is 1. The lowest BCUT2D eigenvalue weighted by Crippen LogP contribution is -2.38. The van der Waals surface area contributed by atoms with Crippen LogP contribution in [0.25, 0.3) is 4.96 Å². The first-order valence-corrected chi connectivity index (χ1v) is 8.14. The number of hydrogen-bond acceptors (Lipinski definition) is 5. The number of nitrogens with two attached hydrogens (primary N) is 1. The van der Waals surface area contributed by atoms with Crippen molar-refractivity contribution in [3.8, 4) is 0 Å². The minimum atomic E-state index is 0.575. The van der Waals surface area contributed by atoms with Gasteiger partial charge in [-0.05, 0) is 33.5 Å². The number of rotatable bonds is 5. The average molecular weight is 293 g/mol. The maximum atomic E-state index is 5.80. The van der Waals surface area contributed by atoms with E-state index < -0.39 is 0 Å². The summed E-state index contributed by atoms with van der Waals surface area (Å²) in [6, 6.07) is 0.575. The van der Waals surface area contributed by atoms with Gasteiger partial charge in [0.05, 0.1) is 5.69 Å². The molecule has 1 fully saturated rings. The molecule has 0 bridgehead atoms. The Morgan fingerprint density at radius 2 is 2.35 bits per heavy atom. The molecule has 2 N–H and O–H groups in total. The second-order valence-corrected chi connectivity index (χ2v) is 6.60. The van der Waals surface area contributed by atoms with Crippen molar-refractivity contribution < 1.29 is 0 Å². The van der Waals surface area contributed by atoms with E-state index in [1.54, 1.807) is 11.3 Å². The van der Waals surface area contributed by atoms with E-state index in [0.717, 1.165) is 30.3 Å². The van der Waals surface area contributed by atoms with Crippen molar-refractivity contribution >= 4 is 22.1 Å². The van der Waals surface area contributed by atoms with Gasteiger partial charge in [0.2, 0.25) is 0 Å². The third-order valence-electron chi connectivity index (χ3n) is 3.95. The standard InChI is InChI=1S/C14H23N5S/c1-17(2)10-11-4-3-7-18(11)13-12(5-6-15)19-8-9-20-14(19)16-13/h8-9,11H,3-7,10,15H2,1-2H3. The van der Waals surface area contributed by atoms with E-state index in [1.165, 1.54) is 18.5 Å². The number of thiazole rings is 1. The molecule has 3 rings (SSSR count). The lowest BCUT2D eigenvalue weighted by Gasteiger charge is -2.28. The summed E-state index contributed by atoms with van der Waals surface area (Å²) >= 11 is 1.70. The molecule has 0 aromatic carbocycles. The highest BCUT2D eigenvalue weighted by Crippen LogP contribution is 2.30. The van der Waals surface area contributed by atoms with Crippen LogP contribution in [-0.2, 0) is 6.42 Å². The van der Waals surface area contributed by atoms with Crippen LogP contribution in [0, 0.1) is 0 Å². The van der Waals surface area contributed by atoms with Crippen LogP contribution < -0.4 is 10.6 Å². The summed E-state index contributed by atoms with van der Waals surface area (Å²) in [4.78, 5) is 10.7. The maximum absolute atomic E-state index is 5.80. The highest BCUT2D eigenvalue weighted by molar-refractivity contribution is 7.15. The number of fused-ring (bicyclic) bond motifs is 1. The molecule has 2 aromatic rings. The van der Waals surface area contributed by atoms with E-state index in [-0.39, 0.29) is 0 Å². The van der Waals surface area contributed by atoms with Gasteiger partial charge < -0.3 is 15.5 Å². The smallest absolute Gasteiger partial charge is 0.195 e. The van der Waals surface area contributed by atoms with Gasteiger partial charge in [0, 0.05) is 37.1 Å². The van der Waals surface area contributed by atoms with Crippen molar-refractivity contribution in [2.24, 2.45) is 5.73 Å². The third-order valence-corrected chi connectivity index (χ3v) is 4.70. The van der Waals surface area contributed by atoms with Crippen molar-refractivity contribution in [1.82, 2.24) is 14.3 Å². The Kier molecular flexibility index (Phi) is 3.96. The number of likely N-dealkylation sites (N-methyl/N-ethyl adjacent to an activating group) is 1. The topological polar surface area (TPSA) is 49.8 Å². The molecular weight excluding hydrogens is 270 g/mol. The normalized spacial score (nSPS) is 19.6. The summed E-state index contributed by atoms with van der Waals surface area (Å²) in [5.41, 5.74) is 7.07. The molecule has 6 heteroatoms. The Balaban J connectivity index is 1.95. The Morgan fingerprint density at radius 3 is 3.10 bits per heavy atom. The van der Waals surface area contributed by atoms with E-state index >= 15 is 0 Å². The second kappa shape index (κ2) is 5.71. The summed E-state index contributed by atoms with van der Waals surface area (Å²) in [5, 5.41) is 2.09. The van der Waals surface area contributed by atoms with Crippen molar-refractivity contribution in [3.63, 3.8) is 0 Å². The van der Waals surface area contributed by atoms with Crippen LogP contribution in [0.15, 0.2) is 11.6 Å². The molecule has 1 atom stereocenters. The zero-order valence-corrected chi connectivity index (χ0v) is 13.1. The molecule has 1 unspecified atom stereocenters. The zero-order chi connectivity index (χ0) is 14.1. The van der Waals surface area contributed by atoms with Gasteiger partial charge in [-0.15, -0.1) is 11.3 Å². The molecular formula is C14H23N5S. The molecule has 5 nitrogen and oxygen atoms in total. The lowest BCUT2D eigenvalue weighted by molar-refractivity contribution is 0.371. The first-order valence-electron chi connectivity index (χ1n) is 7.26. The predicted octanol–water partition coefficient (Wildman–Crippen LogP) is 1.43. The largest absolute Gasteiger partial charge is 0.351 e. The highest BCUT2D eigenvalue weighted by Gasteiger charge is 2.29. The SMILES string of the molecule is CN(C)CC1CCCN1c1nc2sccn2c1CCN. The van der Waals surface area contributed by atoms with Crippen molar-refractivity contribution in [3.05, 3.63) is 17.3 Å². The van der Waals surface area contributed by atoms with Gasteiger partial charge in [-0.25, -0.2) is 4.98 Å². The minimum Gasteiger partial charge on any atom is -0.351 e. The molecule has 110 valence electrons. The number of nitrogens with zero attached hydrogens (tertiary/aromatic N) is 4. The zero-order valence-electron chi connectivity index (χ0n) is 12.2. The molecule has 1 aliphatic rings. The van der Waals surface area contributed by atoms with Crippen LogP contribution in [0.1, 0.15) is 18.5 Å². The molecule has 1 saturated heterocycles. The predicted molar refractivity (Wildman–Crippen MR) is 84.7 cm³/mol. The summed E-state index contributed by atoms with van der Waals surface area (Å²) in [5.74, 6) is 1.16. The molecule has 2 aromatic heterocycles. The number of imidazole rings is 1. The van der Waals surface area contributed by atoms with Crippen LogP contribution in [-0.4, -0.2) is 54.1 Å². The fraction of sp³-hybridized carbons (Fsp3) is 0.643. The van der Waals surface area contributed by atoms with Crippen molar-refractivity contribution in [2.45, 2.75) is 25.3 Å². The fourth-order valence-electron chi connectivity index (χ4n) is 3.15. The fourth-order valence-corrected chi connectivity index (χ4v) is 3.87. The van der Waals surface area contributed by atoms with Crippen molar-refractivity contribution in [2.75, 3.05) is 38.6 Å². The van der Waals surface area contributed by atoms with Gasteiger partial charge >= 0.3 is 0 Å². The van der Waals surface area contributed by atoms with Crippen LogP contribution in [0.3, 0.4) is 0 Å². The summed E-state index contributed by atoms with van der Waals surface area (Å²) in [6.07, 6.45) is 5.51. The summed E-state index contributed by atoms with van der Waals surface area (Å²) < 4.78 is 2.21. The van der Waals surface area contributed by atoms with Gasteiger partial charge in [0.1, 0.15) is 0 Å². The van der Waals surface area contributed by atoms with Crippen LogP contribution in [0.2, 0.25) is 0 Å². The van der Waals surface area contributed by atoms with Crippen LogP contribution >= 0.6 is 11.3 Å². The van der Waals surface area contributed by atoms with Crippen LogP contribution in [0.4, 0.5) is 5.82 Å². The van der Waals surface area contributed by atoms with E-state index in [4.69, 9.17) is 10.7 Å². The maximum Gasteiger partial charge on any atom is 0.195 e. The molecule has 3 heterocycles. The molecule has 0 amide bonds. The van der Waals surface area contributed by atoms with E-state index in [0.29, 0.717) is 12.6 Å². The molecule has 20 heavy (non-hydrogen) atoms. The van der Waals surface area contributed by atoms with E-state index in [9.17, 15) is 0 Å². The van der Waals surface area contributed by atoms with Gasteiger partial charge in [0.25, 0.3) is 0 Å². The number of hydrogen-bond donors (Lipinski definition) is 1. The Labute approximate surface area is 124 Å². The lowest BCUT2D eigenvalue weighted by atomic mass is 10.2. The molecule has 0 spiro atoms. The number of aromatic nitrogens is 2. The molecule has 0 aliphatic carbocycles. The van der Waals surface area contributed by atoms with Crippen LogP contribution in [0.5, 0.6) is 0 Å². The monoisotopic (exact) mass is 293 g/mol. The quantitative estimate of drug-likeness (QED) is 0.906. The van der Waals surface area contributed by atoms with Gasteiger partial charge in [-0.3, -0.25) is 4.40 Å². The third kappa shape index (κ3) is 2.43. The Hall–Kier alpha value is -1.11. The Bertz CT molecular complexity index is 573. The van der Waals surface area contributed by atoms with E-state index in [1.807, 2.05) is 0 Å². The molecule has 1 aliphatic heterocycles. The van der Waals surface area contributed by atoms with Gasteiger partial charge in [0.15, 0.2) is 10.8 Å². The summed E-state index contributed by atoms with van der Waals surface area (Å²) in [6.45, 7) is 2.87.